The van der Waals surface area contributed by atoms with Crippen LogP contribution >= 0.6 is 0 Å². The van der Waals surface area contributed by atoms with Crippen molar-refractivity contribution in [2.45, 2.75) is 26.4 Å². The Morgan fingerprint density at radius 2 is 1.61 bits per heavy atom. The molecule has 120 valence electrons. The molecule has 2 aromatic carbocycles. The molecule has 0 saturated carbocycles. The number of para-hydroxylation sites is 1. The zero-order chi connectivity index (χ0) is 17.0. The minimum absolute atomic E-state index is 0.593. The summed E-state index contributed by atoms with van der Waals surface area (Å²) in [5, 5.41) is 0. The van der Waals surface area contributed by atoms with Gasteiger partial charge in [-0.3, -0.25) is 4.99 Å². The molecule has 0 heterocycles. The molecule has 0 saturated heterocycles. The van der Waals surface area contributed by atoms with Gasteiger partial charge in [-0.2, -0.15) is 13.2 Å². The van der Waals surface area contributed by atoms with Gasteiger partial charge in [-0.1, -0.05) is 35.9 Å². The molecule has 4 heteroatoms. The number of rotatable bonds is 4. The number of halogens is 3. The molecule has 0 radical (unpaired) electrons. The van der Waals surface area contributed by atoms with E-state index in [0.717, 1.165) is 40.1 Å². The maximum absolute atomic E-state index is 12.6. The minimum atomic E-state index is -4.30. The third-order valence-electron chi connectivity index (χ3n) is 3.87. The van der Waals surface area contributed by atoms with Gasteiger partial charge >= 0.3 is 6.18 Å². The van der Waals surface area contributed by atoms with Crippen LogP contribution in [-0.2, 0) is 12.6 Å². The monoisotopic (exact) mass is 317 g/mol. The lowest BCUT2D eigenvalue weighted by Gasteiger charge is -2.12. The van der Waals surface area contributed by atoms with Gasteiger partial charge in [-0.05, 0) is 56.3 Å². The van der Waals surface area contributed by atoms with Crippen molar-refractivity contribution in [2.24, 2.45) is 4.99 Å². The Morgan fingerprint density at radius 3 is 2.17 bits per heavy atom. The van der Waals surface area contributed by atoms with Gasteiger partial charge in [0.15, 0.2) is 0 Å². The molecule has 0 amide bonds. The maximum Gasteiger partial charge on any atom is 0.416 e. The zero-order valence-electron chi connectivity index (χ0n) is 13.1. The van der Waals surface area contributed by atoms with Gasteiger partial charge in [-0.25, -0.2) is 0 Å². The molecule has 0 aliphatic heterocycles. The van der Waals surface area contributed by atoms with Crippen molar-refractivity contribution in [3.8, 4) is 0 Å². The molecule has 0 spiro atoms. The number of hydrogen-bond acceptors (Lipinski definition) is 1. The summed E-state index contributed by atoms with van der Waals surface area (Å²) < 4.78 is 37.8. The summed E-state index contributed by atoms with van der Waals surface area (Å²) in [4.78, 5) is 4.01. The number of nitrogens with zero attached hydrogens (tertiary/aromatic N) is 1. The molecule has 0 aliphatic rings. The standard InChI is InChI=1S/C19H18F3N/c1-13(14(2)17-6-4-5-7-18(17)23-3)12-15-8-10-16(11-9-15)19(20,21)22/h4-11H,3,12H2,1-2H3/b14-13+. The van der Waals surface area contributed by atoms with Crippen LogP contribution in [0.3, 0.4) is 0 Å². The third-order valence-corrected chi connectivity index (χ3v) is 3.87. The van der Waals surface area contributed by atoms with E-state index in [4.69, 9.17) is 0 Å². The molecule has 1 nitrogen and oxygen atoms in total. The smallest absolute Gasteiger partial charge is 0.264 e. The molecule has 0 aliphatic carbocycles. The number of aliphatic imine (C=N–C) groups is 1. The normalized spacial score (nSPS) is 12.7. The highest BCUT2D eigenvalue weighted by Crippen LogP contribution is 2.31. The lowest BCUT2D eigenvalue weighted by atomic mass is 9.96. The average molecular weight is 317 g/mol. The Balaban J connectivity index is 2.26. The van der Waals surface area contributed by atoms with E-state index in [1.165, 1.54) is 12.1 Å². The average Bonchev–Trinajstić information content (AvgIpc) is 2.53. The highest BCUT2D eigenvalue weighted by molar-refractivity contribution is 5.76. The van der Waals surface area contributed by atoms with Crippen LogP contribution in [0.25, 0.3) is 5.57 Å². The minimum Gasteiger partial charge on any atom is -0.264 e. The van der Waals surface area contributed by atoms with Gasteiger partial charge in [0.1, 0.15) is 0 Å². The summed E-state index contributed by atoms with van der Waals surface area (Å²) in [6.07, 6.45) is -3.71. The summed E-state index contributed by atoms with van der Waals surface area (Å²) in [7, 11) is 0. The maximum atomic E-state index is 12.6. The quantitative estimate of drug-likeness (QED) is 0.607. The fraction of sp³-hybridized carbons (Fsp3) is 0.211. The van der Waals surface area contributed by atoms with Crippen LogP contribution in [0.1, 0.15) is 30.5 Å². The van der Waals surface area contributed by atoms with E-state index < -0.39 is 11.7 Å². The first-order valence-electron chi connectivity index (χ1n) is 7.21. The van der Waals surface area contributed by atoms with Crippen LogP contribution < -0.4 is 0 Å². The highest BCUT2D eigenvalue weighted by Gasteiger charge is 2.29. The van der Waals surface area contributed by atoms with Crippen LogP contribution in [0.15, 0.2) is 59.1 Å². The van der Waals surface area contributed by atoms with E-state index in [0.29, 0.717) is 6.42 Å². The van der Waals surface area contributed by atoms with Gasteiger partial charge in [0.2, 0.25) is 0 Å². The first-order chi connectivity index (χ1) is 10.8. The van der Waals surface area contributed by atoms with E-state index in [9.17, 15) is 13.2 Å². The Kier molecular flexibility index (Phi) is 5.04. The summed E-state index contributed by atoms with van der Waals surface area (Å²) >= 11 is 0. The first-order valence-corrected chi connectivity index (χ1v) is 7.21. The van der Waals surface area contributed by atoms with E-state index in [1.54, 1.807) is 0 Å². The second kappa shape index (κ2) is 6.82. The number of alkyl halides is 3. The van der Waals surface area contributed by atoms with Gasteiger partial charge < -0.3 is 0 Å². The van der Waals surface area contributed by atoms with Crippen molar-refractivity contribution in [3.05, 3.63) is 70.8 Å². The number of benzene rings is 2. The lowest BCUT2D eigenvalue weighted by Crippen LogP contribution is -2.04. The molecule has 0 bridgehead atoms. The lowest BCUT2D eigenvalue weighted by molar-refractivity contribution is -0.137. The van der Waals surface area contributed by atoms with E-state index in [2.05, 4.69) is 11.7 Å². The molecule has 23 heavy (non-hydrogen) atoms. The van der Waals surface area contributed by atoms with Crippen LogP contribution in [0.5, 0.6) is 0 Å². The van der Waals surface area contributed by atoms with E-state index in [1.807, 2.05) is 38.1 Å². The second-order valence-corrected chi connectivity index (χ2v) is 5.45. The van der Waals surface area contributed by atoms with Crippen LogP contribution in [0.4, 0.5) is 18.9 Å². The fourth-order valence-electron chi connectivity index (χ4n) is 2.41. The van der Waals surface area contributed by atoms with E-state index >= 15 is 0 Å². The van der Waals surface area contributed by atoms with Crippen molar-refractivity contribution in [3.63, 3.8) is 0 Å². The van der Waals surface area contributed by atoms with E-state index in [-0.39, 0.29) is 0 Å². The Hall–Kier alpha value is -2.36. The molecule has 0 aromatic heterocycles. The van der Waals surface area contributed by atoms with Gasteiger partial charge in [0, 0.05) is 5.56 Å². The Morgan fingerprint density at radius 1 is 1.00 bits per heavy atom. The molecule has 0 atom stereocenters. The summed E-state index contributed by atoms with van der Waals surface area (Å²) in [5.41, 5.74) is 4.16. The summed E-state index contributed by atoms with van der Waals surface area (Å²) in [6.45, 7) is 7.54. The van der Waals surface area contributed by atoms with Gasteiger partial charge in [0.25, 0.3) is 0 Å². The Bertz CT molecular complexity index is 725. The SMILES string of the molecule is C=Nc1ccccc1/C(C)=C(\C)Cc1ccc(C(F)(F)F)cc1. The molecular weight excluding hydrogens is 299 g/mol. The third kappa shape index (κ3) is 4.09. The summed E-state index contributed by atoms with van der Waals surface area (Å²) in [5.74, 6) is 0. The van der Waals surface area contributed by atoms with Crippen LogP contribution in [0.2, 0.25) is 0 Å². The van der Waals surface area contributed by atoms with Crippen LogP contribution in [-0.4, -0.2) is 6.72 Å². The largest absolute Gasteiger partial charge is 0.416 e. The van der Waals surface area contributed by atoms with Crippen molar-refractivity contribution in [2.75, 3.05) is 0 Å². The van der Waals surface area contributed by atoms with Crippen LogP contribution in [0, 0.1) is 0 Å². The highest BCUT2D eigenvalue weighted by atomic mass is 19.4. The number of hydrogen-bond donors (Lipinski definition) is 0. The van der Waals surface area contributed by atoms with Gasteiger partial charge in [-0.15, -0.1) is 0 Å². The Labute approximate surface area is 134 Å². The molecule has 2 aromatic rings. The molecule has 0 unspecified atom stereocenters. The van der Waals surface area contributed by atoms with Crippen molar-refractivity contribution >= 4 is 18.0 Å². The summed E-state index contributed by atoms with van der Waals surface area (Å²) in [6, 6.07) is 13.0. The predicted molar refractivity (Wildman–Crippen MR) is 89.1 cm³/mol. The number of allylic oxidation sites excluding steroid dienone is 2. The molecule has 0 fully saturated rings. The van der Waals surface area contributed by atoms with Crippen molar-refractivity contribution in [1.29, 1.82) is 0 Å². The molecular formula is C19H18F3N. The zero-order valence-corrected chi connectivity index (χ0v) is 13.1. The molecule has 0 N–H and O–H groups in total. The van der Waals surface area contributed by atoms with Crippen molar-refractivity contribution < 1.29 is 13.2 Å². The molecule has 2 rings (SSSR count). The van der Waals surface area contributed by atoms with Gasteiger partial charge in [0.05, 0.1) is 11.3 Å². The topological polar surface area (TPSA) is 12.4 Å². The predicted octanol–water partition coefficient (Wildman–Crippen LogP) is 6.07. The van der Waals surface area contributed by atoms with Crippen molar-refractivity contribution in [1.82, 2.24) is 0 Å². The second-order valence-electron chi connectivity index (χ2n) is 5.45. The first kappa shape index (κ1) is 17.0. The fourth-order valence-corrected chi connectivity index (χ4v) is 2.41.